The maximum absolute atomic E-state index is 3.33. The van der Waals surface area contributed by atoms with Crippen molar-refractivity contribution < 1.29 is 0 Å². The molecule has 4 rings (SSSR count). The molecule has 4 aromatic rings. The van der Waals surface area contributed by atoms with Crippen LogP contribution in [-0.2, 0) is 0 Å². The van der Waals surface area contributed by atoms with Crippen LogP contribution in [0.2, 0.25) is 0 Å². The van der Waals surface area contributed by atoms with E-state index in [1.807, 2.05) is 18.3 Å². The van der Waals surface area contributed by atoms with Crippen LogP contribution in [0.25, 0.3) is 21.8 Å². The summed E-state index contributed by atoms with van der Waals surface area (Å²) < 4.78 is 0. The minimum absolute atomic E-state index is 1.21. The van der Waals surface area contributed by atoms with Crippen LogP contribution in [-0.4, -0.2) is 9.97 Å². The Labute approximate surface area is 118 Å². The Balaban J connectivity index is 0.000000123. The van der Waals surface area contributed by atoms with Gasteiger partial charge in [0.05, 0.1) is 0 Å². The minimum atomic E-state index is 1.21. The second-order valence-electron chi connectivity index (χ2n) is 4.99. The molecule has 100 valence electrons. The quantitative estimate of drug-likeness (QED) is 0.449. The van der Waals surface area contributed by atoms with E-state index in [4.69, 9.17) is 0 Å². The van der Waals surface area contributed by atoms with Gasteiger partial charge in [-0.05, 0) is 43.0 Å². The molecule has 0 aliphatic rings. The van der Waals surface area contributed by atoms with Crippen LogP contribution >= 0.6 is 0 Å². The SMILES string of the molecule is Cc1[nH]c2ccccc2c1C.c1ccc2[nH]ccc2c1. The highest BCUT2D eigenvalue weighted by Gasteiger charge is 2.00. The van der Waals surface area contributed by atoms with Crippen LogP contribution in [0.5, 0.6) is 0 Å². The summed E-state index contributed by atoms with van der Waals surface area (Å²) in [5.41, 5.74) is 5.08. The smallest absolute Gasteiger partial charge is 0.0458 e. The molecule has 0 spiro atoms. The lowest BCUT2D eigenvalue weighted by Gasteiger charge is -1.87. The number of para-hydroxylation sites is 2. The van der Waals surface area contributed by atoms with Crippen molar-refractivity contribution in [2.45, 2.75) is 13.8 Å². The molecule has 0 saturated carbocycles. The van der Waals surface area contributed by atoms with Crippen molar-refractivity contribution in [3.8, 4) is 0 Å². The van der Waals surface area contributed by atoms with E-state index >= 15 is 0 Å². The van der Waals surface area contributed by atoms with E-state index in [0.29, 0.717) is 0 Å². The molecule has 2 aromatic heterocycles. The Bertz CT molecular complexity index is 807. The summed E-state index contributed by atoms with van der Waals surface area (Å²) in [5, 5.41) is 2.61. The predicted octanol–water partition coefficient (Wildman–Crippen LogP) is 4.95. The third-order valence-corrected chi connectivity index (χ3v) is 3.68. The summed E-state index contributed by atoms with van der Waals surface area (Å²) in [5.74, 6) is 0. The zero-order valence-electron chi connectivity index (χ0n) is 11.8. The number of benzene rings is 2. The van der Waals surface area contributed by atoms with Crippen molar-refractivity contribution in [2.75, 3.05) is 0 Å². The van der Waals surface area contributed by atoms with Gasteiger partial charge in [-0.15, -0.1) is 0 Å². The lowest BCUT2D eigenvalue weighted by atomic mass is 10.2. The maximum atomic E-state index is 3.33. The van der Waals surface area contributed by atoms with E-state index in [2.05, 4.69) is 66.3 Å². The Kier molecular flexibility index (Phi) is 3.30. The first kappa shape index (κ1) is 12.5. The molecule has 2 heterocycles. The lowest BCUT2D eigenvalue weighted by Crippen LogP contribution is -1.70. The molecule has 0 saturated heterocycles. The summed E-state index contributed by atoms with van der Waals surface area (Å²) >= 11 is 0. The number of fused-ring (bicyclic) bond motifs is 2. The monoisotopic (exact) mass is 262 g/mol. The van der Waals surface area contributed by atoms with Gasteiger partial charge in [-0.25, -0.2) is 0 Å². The average molecular weight is 262 g/mol. The van der Waals surface area contributed by atoms with E-state index in [-0.39, 0.29) is 0 Å². The zero-order chi connectivity index (χ0) is 13.9. The van der Waals surface area contributed by atoms with Gasteiger partial charge < -0.3 is 9.97 Å². The number of hydrogen-bond donors (Lipinski definition) is 2. The minimum Gasteiger partial charge on any atom is -0.361 e. The number of H-pyrrole nitrogens is 2. The topological polar surface area (TPSA) is 31.6 Å². The van der Waals surface area contributed by atoms with Crippen molar-refractivity contribution >= 4 is 21.8 Å². The van der Waals surface area contributed by atoms with Crippen LogP contribution in [0.4, 0.5) is 0 Å². The van der Waals surface area contributed by atoms with Gasteiger partial charge in [0.15, 0.2) is 0 Å². The van der Waals surface area contributed by atoms with Crippen molar-refractivity contribution in [3.63, 3.8) is 0 Å². The number of aromatic amines is 2. The summed E-state index contributed by atoms with van der Waals surface area (Å²) in [6.07, 6.45) is 1.95. The molecule has 0 aliphatic heterocycles. The van der Waals surface area contributed by atoms with Gasteiger partial charge in [0.25, 0.3) is 0 Å². The Morgan fingerprint density at radius 3 is 2.20 bits per heavy atom. The van der Waals surface area contributed by atoms with Gasteiger partial charge in [-0.2, -0.15) is 0 Å². The number of aromatic nitrogens is 2. The predicted molar refractivity (Wildman–Crippen MR) is 86.1 cm³/mol. The van der Waals surface area contributed by atoms with Gasteiger partial charge in [0, 0.05) is 28.3 Å². The van der Waals surface area contributed by atoms with Gasteiger partial charge in [0.1, 0.15) is 0 Å². The third kappa shape index (κ3) is 2.32. The normalized spacial score (nSPS) is 10.5. The molecule has 0 unspecified atom stereocenters. The maximum Gasteiger partial charge on any atom is 0.0458 e. The molecule has 2 nitrogen and oxygen atoms in total. The molecule has 0 fully saturated rings. The second-order valence-corrected chi connectivity index (χ2v) is 4.99. The van der Waals surface area contributed by atoms with Crippen LogP contribution in [0.15, 0.2) is 60.8 Å². The number of hydrogen-bond acceptors (Lipinski definition) is 0. The van der Waals surface area contributed by atoms with E-state index in [9.17, 15) is 0 Å². The summed E-state index contributed by atoms with van der Waals surface area (Å²) in [6, 6.07) is 18.7. The molecule has 0 radical (unpaired) electrons. The van der Waals surface area contributed by atoms with Gasteiger partial charge >= 0.3 is 0 Å². The molecule has 2 heteroatoms. The van der Waals surface area contributed by atoms with E-state index in [1.54, 1.807) is 0 Å². The molecule has 2 N–H and O–H groups in total. The fourth-order valence-corrected chi connectivity index (χ4v) is 2.41. The zero-order valence-corrected chi connectivity index (χ0v) is 11.8. The molecular formula is C18H18N2. The van der Waals surface area contributed by atoms with E-state index in [1.165, 1.54) is 33.1 Å². The molecule has 0 bridgehead atoms. The Morgan fingerprint density at radius 2 is 1.45 bits per heavy atom. The molecular weight excluding hydrogens is 244 g/mol. The first-order chi connectivity index (χ1) is 9.75. The molecule has 20 heavy (non-hydrogen) atoms. The third-order valence-electron chi connectivity index (χ3n) is 3.68. The van der Waals surface area contributed by atoms with Crippen LogP contribution in [0.1, 0.15) is 11.3 Å². The molecule has 0 atom stereocenters. The highest BCUT2D eigenvalue weighted by Crippen LogP contribution is 2.19. The highest BCUT2D eigenvalue weighted by atomic mass is 14.7. The van der Waals surface area contributed by atoms with Crippen molar-refractivity contribution in [2.24, 2.45) is 0 Å². The van der Waals surface area contributed by atoms with Crippen LogP contribution in [0, 0.1) is 13.8 Å². The Hall–Kier alpha value is -2.48. The van der Waals surface area contributed by atoms with Gasteiger partial charge in [-0.3, -0.25) is 0 Å². The Morgan fingerprint density at radius 1 is 0.750 bits per heavy atom. The first-order valence-corrected chi connectivity index (χ1v) is 6.82. The fourth-order valence-electron chi connectivity index (χ4n) is 2.41. The number of aryl methyl sites for hydroxylation is 2. The second kappa shape index (κ2) is 5.25. The summed E-state index contributed by atoms with van der Waals surface area (Å²) in [6.45, 7) is 4.25. The van der Waals surface area contributed by atoms with Crippen LogP contribution in [0.3, 0.4) is 0 Å². The standard InChI is InChI=1S/C10H11N.C8H7N/c1-7-8(2)11-10-6-4-3-5-9(7)10;1-2-4-8-7(3-1)5-6-9-8/h3-6,11H,1-2H3;1-6,9H. The van der Waals surface area contributed by atoms with E-state index in [0.717, 1.165) is 0 Å². The number of rotatable bonds is 0. The van der Waals surface area contributed by atoms with Gasteiger partial charge in [0.2, 0.25) is 0 Å². The average Bonchev–Trinajstić information content (AvgIpc) is 3.06. The summed E-state index contributed by atoms with van der Waals surface area (Å²) in [4.78, 5) is 6.45. The largest absolute Gasteiger partial charge is 0.361 e. The molecule has 0 amide bonds. The summed E-state index contributed by atoms with van der Waals surface area (Å²) in [7, 11) is 0. The van der Waals surface area contributed by atoms with Crippen LogP contribution < -0.4 is 0 Å². The number of nitrogens with one attached hydrogen (secondary N) is 2. The van der Waals surface area contributed by atoms with Crippen molar-refractivity contribution in [1.82, 2.24) is 9.97 Å². The van der Waals surface area contributed by atoms with Crippen molar-refractivity contribution in [1.29, 1.82) is 0 Å². The fraction of sp³-hybridized carbons (Fsp3) is 0.111. The first-order valence-electron chi connectivity index (χ1n) is 6.82. The van der Waals surface area contributed by atoms with Gasteiger partial charge in [-0.1, -0.05) is 36.4 Å². The lowest BCUT2D eigenvalue weighted by molar-refractivity contribution is 1.25. The molecule has 0 aliphatic carbocycles. The van der Waals surface area contributed by atoms with E-state index < -0.39 is 0 Å². The molecule has 2 aromatic carbocycles. The highest BCUT2D eigenvalue weighted by molar-refractivity contribution is 5.84. The van der Waals surface area contributed by atoms with Crippen molar-refractivity contribution in [3.05, 3.63) is 72.1 Å².